The molecule has 3 aromatic rings. The molecule has 0 saturated carbocycles. The van der Waals surface area contributed by atoms with E-state index in [1.54, 1.807) is 24.5 Å². The topological polar surface area (TPSA) is 50.4 Å². The first-order chi connectivity index (χ1) is 8.25. The van der Waals surface area contributed by atoms with Crippen molar-refractivity contribution in [3.63, 3.8) is 0 Å². The van der Waals surface area contributed by atoms with Gasteiger partial charge in [0.1, 0.15) is 5.75 Å². The molecule has 0 aliphatic heterocycles. The molecule has 0 bridgehead atoms. The van der Waals surface area contributed by atoms with Gasteiger partial charge in [-0.15, -0.1) is 0 Å². The summed E-state index contributed by atoms with van der Waals surface area (Å²) in [7, 11) is 0. The molecule has 84 valence electrons. The van der Waals surface area contributed by atoms with E-state index in [1.165, 1.54) is 0 Å². The number of imidazole rings is 1. The Labute approximate surface area is 98.2 Å². The maximum atomic E-state index is 9.50. The number of aromatic hydroxyl groups is 1. The van der Waals surface area contributed by atoms with Crippen LogP contribution in [0, 0.1) is 6.92 Å². The molecule has 0 amide bonds. The predicted molar refractivity (Wildman–Crippen MR) is 64.8 cm³/mol. The summed E-state index contributed by atoms with van der Waals surface area (Å²) in [5.74, 6) is 0.253. The van der Waals surface area contributed by atoms with Crippen LogP contribution < -0.4 is 0 Å². The summed E-state index contributed by atoms with van der Waals surface area (Å²) >= 11 is 0. The van der Waals surface area contributed by atoms with Gasteiger partial charge in [-0.05, 0) is 19.1 Å². The highest BCUT2D eigenvalue weighted by Gasteiger charge is 2.07. The molecule has 1 N–H and O–H groups in total. The molecule has 0 aliphatic carbocycles. The molecule has 3 rings (SSSR count). The van der Waals surface area contributed by atoms with E-state index in [0.29, 0.717) is 0 Å². The van der Waals surface area contributed by atoms with Crippen LogP contribution >= 0.6 is 0 Å². The van der Waals surface area contributed by atoms with Gasteiger partial charge < -0.3 is 5.11 Å². The van der Waals surface area contributed by atoms with Gasteiger partial charge in [-0.25, -0.2) is 4.98 Å². The van der Waals surface area contributed by atoms with Gasteiger partial charge in [0.05, 0.1) is 17.6 Å². The Hall–Kier alpha value is -2.36. The van der Waals surface area contributed by atoms with Crippen LogP contribution in [0.4, 0.5) is 0 Å². The number of nitrogens with zero attached hydrogens (tertiary/aromatic N) is 3. The molecule has 4 nitrogen and oxygen atoms in total. The summed E-state index contributed by atoms with van der Waals surface area (Å²) in [5, 5.41) is 9.50. The SMILES string of the molecule is Cc1nccn2c(-c3cccc(O)c3)cnc12. The molecule has 0 unspecified atom stereocenters. The van der Waals surface area contributed by atoms with E-state index in [9.17, 15) is 5.11 Å². The number of benzene rings is 1. The molecule has 0 atom stereocenters. The lowest BCUT2D eigenvalue weighted by Crippen LogP contribution is -1.92. The van der Waals surface area contributed by atoms with Crippen molar-refractivity contribution in [2.24, 2.45) is 0 Å². The van der Waals surface area contributed by atoms with Crippen molar-refractivity contribution in [1.82, 2.24) is 14.4 Å². The number of rotatable bonds is 1. The Morgan fingerprint density at radius 3 is 2.94 bits per heavy atom. The molecule has 4 heteroatoms. The third-order valence-corrected chi connectivity index (χ3v) is 2.75. The van der Waals surface area contributed by atoms with E-state index in [1.807, 2.05) is 29.7 Å². The van der Waals surface area contributed by atoms with E-state index in [4.69, 9.17) is 0 Å². The molecular weight excluding hydrogens is 214 g/mol. The smallest absolute Gasteiger partial charge is 0.158 e. The van der Waals surface area contributed by atoms with E-state index in [2.05, 4.69) is 9.97 Å². The van der Waals surface area contributed by atoms with Gasteiger partial charge in [0.25, 0.3) is 0 Å². The third kappa shape index (κ3) is 1.54. The first-order valence-corrected chi connectivity index (χ1v) is 5.34. The van der Waals surface area contributed by atoms with Gasteiger partial charge in [-0.3, -0.25) is 9.38 Å². The molecule has 0 aliphatic rings. The fraction of sp³-hybridized carbons (Fsp3) is 0.0769. The molecule has 0 radical (unpaired) electrons. The van der Waals surface area contributed by atoms with E-state index in [-0.39, 0.29) is 5.75 Å². The van der Waals surface area contributed by atoms with Crippen molar-refractivity contribution in [1.29, 1.82) is 0 Å². The van der Waals surface area contributed by atoms with Crippen molar-refractivity contribution < 1.29 is 5.11 Å². The van der Waals surface area contributed by atoms with E-state index in [0.717, 1.165) is 22.6 Å². The Balaban J connectivity index is 2.28. The first-order valence-electron chi connectivity index (χ1n) is 5.34. The quantitative estimate of drug-likeness (QED) is 0.691. The maximum absolute atomic E-state index is 9.50. The minimum absolute atomic E-state index is 0.253. The minimum atomic E-state index is 0.253. The van der Waals surface area contributed by atoms with Crippen LogP contribution in [0.1, 0.15) is 5.69 Å². The molecule has 0 spiro atoms. The minimum Gasteiger partial charge on any atom is -0.508 e. The predicted octanol–water partition coefficient (Wildman–Crippen LogP) is 2.41. The van der Waals surface area contributed by atoms with Crippen LogP contribution in [0.25, 0.3) is 16.9 Å². The fourth-order valence-corrected chi connectivity index (χ4v) is 1.93. The molecule has 1 aromatic carbocycles. The Bertz CT molecular complexity index is 688. The zero-order chi connectivity index (χ0) is 11.8. The zero-order valence-corrected chi connectivity index (χ0v) is 9.33. The average molecular weight is 225 g/mol. The Kier molecular flexibility index (Phi) is 2.08. The molecule has 0 saturated heterocycles. The number of aryl methyl sites for hydroxylation is 1. The van der Waals surface area contributed by atoms with Gasteiger partial charge in [0.2, 0.25) is 0 Å². The zero-order valence-electron chi connectivity index (χ0n) is 9.33. The summed E-state index contributed by atoms with van der Waals surface area (Å²) < 4.78 is 1.97. The second-order valence-electron chi connectivity index (χ2n) is 3.90. The standard InChI is InChI=1S/C13H11N3O/c1-9-13-15-8-12(16(13)6-5-14-9)10-3-2-4-11(17)7-10/h2-8,17H,1H3. The Morgan fingerprint density at radius 2 is 2.12 bits per heavy atom. The van der Waals surface area contributed by atoms with Crippen LogP contribution in [0.3, 0.4) is 0 Å². The number of phenols is 1. The highest BCUT2D eigenvalue weighted by molar-refractivity contribution is 5.65. The summed E-state index contributed by atoms with van der Waals surface area (Å²) in [6.45, 7) is 1.93. The van der Waals surface area contributed by atoms with Crippen molar-refractivity contribution >= 4 is 5.65 Å². The normalized spacial score (nSPS) is 10.9. The van der Waals surface area contributed by atoms with Gasteiger partial charge >= 0.3 is 0 Å². The number of hydrogen-bond donors (Lipinski definition) is 1. The second kappa shape index (κ2) is 3.59. The molecule has 0 fully saturated rings. The van der Waals surface area contributed by atoms with Gasteiger partial charge in [0.15, 0.2) is 5.65 Å². The summed E-state index contributed by atoms with van der Waals surface area (Å²) in [6, 6.07) is 7.13. The lowest BCUT2D eigenvalue weighted by molar-refractivity contribution is 0.475. The summed E-state index contributed by atoms with van der Waals surface area (Å²) in [4.78, 5) is 8.54. The van der Waals surface area contributed by atoms with Crippen molar-refractivity contribution in [3.8, 4) is 17.0 Å². The highest BCUT2D eigenvalue weighted by atomic mass is 16.3. The number of fused-ring (bicyclic) bond motifs is 1. The number of hydrogen-bond acceptors (Lipinski definition) is 3. The lowest BCUT2D eigenvalue weighted by atomic mass is 10.1. The molecule has 17 heavy (non-hydrogen) atoms. The number of aromatic nitrogens is 3. The van der Waals surface area contributed by atoms with Crippen LogP contribution in [0.15, 0.2) is 42.9 Å². The van der Waals surface area contributed by atoms with Crippen molar-refractivity contribution in [3.05, 3.63) is 48.5 Å². The summed E-state index contributed by atoms with van der Waals surface area (Å²) in [5.41, 5.74) is 3.61. The van der Waals surface area contributed by atoms with E-state index >= 15 is 0 Å². The van der Waals surface area contributed by atoms with E-state index < -0.39 is 0 Å². The largest absolute Gasteiger partial charge is 0.508 e. The Morgan fingerprint density at radius 1 is 1.24 bits per heavy atom. The summed E-state index contributed by atoms with van der Waals surface area (Å²) in [6.07, 6.45) is 5.41. The van der Waals surface area contributed by atoms with Crippen molar-refractivity contribution in [2.75, 3.05) is 0 Å². The third-order valence-electron chi connectivity index (χ3n) is 2.75. The van der Waals surface area contributed by atoms with Gasteiger partial charge in [-0.2, -0.15) is 0 Å². The fourth-order valence-electron chi connectivity index (χ4n) is 1.93. The maximum Gasteiger partial charge on any atom is 0.158 e. The van der Waals surface area contributed by atoms with Crippen LogP contribution in [-0.4, -0.2) is 19.5 Å². The average Bonchev–Trinajstić information content (AvgIpc) is 2.74. The number of phenolic OH excluding ortho intramolecular Hbond substituents is 1. The van der Waals surface area contributed by atoms with Crippen LogP contribution in [0.5, 0.6) is 5.75 Å². The first kappa shape index (κ1) is 9.84. The molecule has 2 aromatic heterocycles. The molecular formula is C13H11N3O. The molecule has 2 heterocycles. The van der Waals surface area contributed by atoms with Gasteiger partial charge in [0, 0.05) is 18.0 Å². The monoisotopic (exact) mass is 225 g/mol. The van der Waals surface area contributed by atoms with Crippen LogP contribution in [0.2, 0.25) is 0 Å². The van der Waals surface area contributed by atoms with Gasteiger partial charge in [-0.1, -0.05) is 12.1 Å². The highest BCUT2D eigenvalue weighted by Crippen LogP contribution is 2.24. The lowest BCUT2D eigenvalue weighted by Gasteiger charge is -2.03. The van der Waals surface area contributed by atoms with Crippen molar-refractivity contribution in [2.45, 2.75) is 6.92 Å². The van der Waals surface area contributed by atoms with Crippen LogP contribution in [-0.2, 0) is 0 Å². The second-order valence-corrected chi connectivity index (χ2v) is 3.90.